The molecule has 166 valence electrons. The number of ether oxygens (including phenoxy) is 2. The highest BCUT2D eigenvalue weighted by atomic mass is 127. The summed E-state index contributed by atoms with van der Waals surface area (Å²) in [5.74, 6) is 0.603. The summed E-state index contributed by atoms with van der Waals surface area (Å²) in [6.07, 6.45) is 0. The lowest BCUT2D eigenvalue weighted by atomic mass is 9.83. The number of halogens is 2. The predicted octanol–water partition coefficient (Wildman–Crippen LogP) is 5.31. The molecule has 0 saturated heterocycles. The highest BCUT2D eigenvalue weighted by Crippen LogP contribution is 2.45. The molecule has 0 radical (unpaired) electrons. The number of nitro groups is 1. The molecule has 1 aliphatic rings. The van der Waals surface area contributed by atoms with Gasteiger partial charge in [-0.3, -0.25) is 10.1 Å². The van der Waals surface area contributed by atoms with Gasteiger partial charge in [0.15, 0.2) is 0 Å². The molecule has 3 aromatic carbocycles. The average Bonchev–Trinajstić information content (AvgIpc) is 2.77. The Kier molecular flexibility index (Phi) is 6.61. The van der Waals surface area contributed by atoms with Crippen molar-refractivity contribution in [2.75, 3.05) is 0 Å². The summed E-state index contributed by atoms with van der Waals surface area (Å²) >= 11 is 4.32. The zero-order valence-electron chi connectivity index (χ0n) is 16.8. The summed E-state index contributed by atoms with van der Waals surface area (Å²) in [4.78, 5) is 10.6. The lowest BCUT2D eigenvalue weighted by molar-refractivity contribution is -0.384. The largest absolute Gasteiger partial charge is 0.508 e. The molecule has 0 amide bonds. The number of allylic oxidation sites excluding steroid dienone is 1. The lowest BCUT2D eigenvalue weighted by Crippen LogP contribution is -2.21. The molecule has 0 saturated carbocycles. The van der Waals surface area contributed by atoms with E-state index in [-0.39, 0.29) is 29.5 Å². The number of nitriles is 1. The van der Waals surface area contributed by atoms with E-state index in [1.54, 1.807) is 18.2 Å². The van der Waals surface area contributed by atoms with Gasteiger partial charge in [0.1, 0.15) is 35.5 Å². The summed E-state index contributed by atoms with van der Waals surface area (Å²) in [7, 11) is 0. The van der Waals surface area contributed by atoms with Crippen molar-refractivity contribution in [1.82, 2.24) is 0 Å². The van der Waals surface area contributed by atoms with Crippen molar-refractivity contribution in [3.05, 3.63) is 100.0 Å². The van der Waals surface area contributed by atoms with Gasteiger partial charge in [0.25, 0.3) is 5.69 Å². The van der Waals surface area contributed by atoms with Crippen LogP contribution in [0.25, 0.3) is 0 Å². The molecule has 0 aromatic heterocycles. The lowest BCUT2D eigenvalue weighted by Gasteiger charge is -2.27. The highest BCUT2D eigenvalue weighted by molar-refractivity contribution is 14.1. The van der Waals surface area contributed by atoms with Gasteiger partial charge in [-0.05, 0) is 74.5 Å². The van der Waals surface area contributed by atoms with Crippen LogP contribution in [0.5, 0.6) is 17.2 Å². The van der Waals surface area contributed by atoms with Crippen LogP contribution in [0.4, 0.5) is 5.69 Å². The summed E-state index contributed by atoms with van der Waals surface area (Å²) in [6, 6.07) is 17.0. The van der Waals surface area contributed by atoms with E-state index in [1.165, 1.54) is 24.3 Å². The number of non-ortho nitro benzene ring substituents is 1. The SMILES string of the molecule is N#CC1=C(N)Oc2cc(O)ccc2[C@@H]1c1cc(I)c(OCc2cccc([N+](=O)[O-])c2)c(I)c1. The second-order valence-electron chi connectivity index (χ2n) is 7.18. The molecule has 4 rings (SSSR count). The molecule has 3 N–H and O–H groups in total. The van der Waals surface area contributed by atoms with Crippen molar-refractivity contribution in [2.24, 2.45) is 5.73 Å². The number of hydrogen-bond donors (Lipinski definition) is 2. The van der Waals surface area contributed by atoms with Crippen LogP contribution in [-0.2, 0) is 6.61 Å². The van der Waals surface area contributed by atoms with E-state index in [9.17, 15) is 20.5 Å². The molecule has 1 aliphatic heterocycles. The van der Waals surface area contributed by atoms with E-state index < -0.39 is 10.8 Å². The number of hydrogen-bond acceptors (Lipinski definition) is 7. The van der Waals surface area contributed by atoms with Crippen LogP contribution in [0, 0.1) is 28.6 Å². The van der Waals surface area contributed by atoms with Crippen LogP contribution in [0.3, 0.4) is 0 Å². The summed E-state index contributed by atoms with van der Waals surface area (Å²) < 4.78 is 13.2. The number of nitrogens with zero attached hydrogens (tertiary/aromatic N) is 2. The molecule has 33 heavy (non-hydrogen) atoms. The number of fused-ring (bicyclic) bond motifs is 1. The first-order chi connectivity index (χ1) is 15.8. The molecule has 10 heteroatoms. The van der Waals surface area contributed by atoms with Gasteiger partial charge in [-0.2, -0.15) is 5.26 Å². The van der Waals surface area contributed by atoms with Crippen molar-refractivity contribution in [3.8, 4) is 23.3 Å². The zero-order valence-corrected chi connectivity index (χ0v) is 21.1. The second kappa shape index (κ2) is 9.44. The van der Waals surface area contributed by atoms with Gasteiger partial charge in [0, 0.05) is 23.8 Å². The van der Waals surface area contributed by atoms with Gasteiger partial charge in [-0.15, -0.1) is 0 Å². The minimum atomic E-state index is -0.466. The molecule has 1 atom stereocenters. The van der Waals surface area contributed by atoms with Crippen LogP contribution >= 0.6 is 45.2 Å². The van der Waals surface area contributed by atoms with E-state index in [0.717, 1.165) is 18.3 Å². The number of benzene rings is 3. The van der Waals surface area contributed by atoms with Crippen LogP contribution in [0.2, 0.25) is 0 Å². The number of phenolic OH excluding ortho intramolecular Hbond substituents is 1. The molecular weight excluding hydrogens is 652 g/mol. The molecular formula is C23H15I2N3O5. The third-order valence-electron chi connectivity index (χ3n) is 5.06. The van der Waals surface area contributed by atoms with E-state index in [0.29, 0.717) is 17.1 Å². The Hall–Kier alpha value is -3.05. The maximum Gasteiger partial charge on any atom is 0.269 e. The Morgan fingerprint density at radius 3 is 2.58 bits per heavy atom. The first-order valence-corrected chi connectivity index (χ1v) is 11.7. The van der Waals surface area contributed by atoms with E-state index >= 15 is 0 Å². The molecule has 0 bridgehead atoms. The minimum absolute atomic E-state index is 0.00313. The van der Waals surface area contributed by atoms with Gasteiger partial charge in [0.05, 0.1) is 18.0 Å². The van der Waals surface area contributed by atoms with Gasteiger partial charge >= 0.3 is 0 Å². The van der Waals surface area contributed by atoms with E-state index in [1.807, 2.05) is 12.1 Å². The van der Waals surface area contributed by atoms with Gasteiger partial charge in [-0.25, -0.2) is 0 Å². The summed E-state index contributed by atoms with van der Waals surface area (Å²) in [5, 5.41) is 30.6. The molecule has 0 aliphatic carbocycles. The Balaban J connectivity index is 1.68. The number of rotatable bonds is 5. The maximum absolute atomic E-state index is 11.0. The minimum Gasteiger partial charge on any atom is -0.508 e. The molecule has 8 nitrogen and oxygen atoms in total. The second-order valence-corrected chi connectivity index (χ2v) is 9.50. The number of aromatic hydroxyl groups is 1. The first kappa shape index (κ1) is 23.1. The standard InChI is InChI=1S/C23H15I2N3O5/c24-18-7-13(21-16-5-4-15(29)9-20(16)33-23(27)17(21)10-26)8-19(25)22(18)32-11-12-2-1-3-14(6-12)28(30)31/h1-9,21,29H,11,27H2/t21-/m0/s1. The Labute approximate surface area is 216 Å². The van der Waals surface area contributed by atoms with Crippen molar-refractivity contribution in [1.29, 1.82) is 5.26 Å². The van der Waals surface area contributed by atoms with Crippen LogP contribution in [0.15, 0.2) is 66.1 Å². The fourth-order valence-corrected chi connectivity index (χ4v) is 5.71. The van der Waals surface area contributed by atoms with Gasteiger partial charge in [-0.1, -0.05) is 18.2 Å². The van der Waals surface area contributed by atoms with Crippen molar-refractivity contribution in [2.45, 2.75) is 12.5 Å². The first-order valence-electron chi connectivity index (χ1n) is 9.54. The molecule has 1 heterocycles. The van der Waals surface area contributed by atoms with Crippen LogP contribution in [0.1, 0.15) is 22.6 Å². The Bertz CT molecular complexity index is 1330. The maximum atomic E-state index is 11.0. The summed E-state index contributed by atoms with van der Waals surface area (Å²) in [6.45, 7) is 0.169. The van der Waals surface area contributed by atoms with Crippen LogP contribution < -0.4 is 15.2 Å². The summed E-state index contributed by atoms with van der Waals surface area (Å²) in [5.41, 5.74) is 8.52. The fourth-order valence-electron chi connectivity index (χ4n) is 3.59. The monoisotopic (exact) mass is 667 g/mol. The van der Waals surface area contributed by atoms with Gasteiger partial charge < -0.3 is 20.3 Å². The third kappa shape index (κ3) is 4.69. The van der Waals surface area contributed by atoms with E-state index in [2.05, 4.69) is 51.3 Å². The van der Waals surface area contributed by atoms with Crippen molar-refractivity contribution < 1.29 is 19.5 Å². The highest BCUT2D eigenvalue weighted by Gasteiger charge is 2.31. The average molecular weight is 667 g/mol. The molecule has 0 fully saturated rings. The third-order valence-corrected chi connectivity index (χ3v) is 6.66. The Morgan fingerprint density at radius 1 is 1.18 bits per heavy atom. The smallest absolute Gasteiger partial charge is 0.269 e. The topological polar surface area (TPSA) is 132 Å². The molecule has 3 aromatic rings. The normalized spacial score (nSPS) is 14.8. The van der Waals surface area contributed by atoms with Crippen LogP contribution in [-0.4, -0.2) is 10.0 Å². The van der Waals surface area contributed by atoms with Crippen molar-refractivity contribution in [3.63, 3.8) is 0 Å². The number of nitrogens with two attached hydrogens (primary N) is 1. The van der Waals surface area contributed by atoms with Crippen molar-refractivity contribution >= 4 is 50.9 Å². The van der Waals surface area contributed by atoms with Gasteiger partial charge in [0.2, 0.25) is 5.88 Å². The zero-order chi connectivity index (χ0) is 23.7. The predicted molar refractivity (Wildman–Crippen MR) is 137 cm³/mol. The molecule has 0 spiro atoms. The number of phenols is 1. The van der Waals surface area contributed by atoms with E-state index in [4.69, 9.17) is 15.2 Å². The quantitative estimate of drug-likeness (QED) is 0.214. The fraction of sp³-hybridized carbons (Fsp3) is 0.0870. The number of nitro benzene ring substituents is 1. The molecule has 0 unspecified atom stereocenters. The Morgan fingerprint density at radius 2 is 1.91 bits per heavy atom.